The maximum atomic E-state index is 12.5. The molecule has 0 bridgehead atoms. The SMILES string of the molecule is COc1cccc([C@H](NC(=O)NCCSc2ccc(C)cc2)c2nccn2C)c1. The number of benzene rings is 2. The van der Waals surface area contributed by atoms with Crippen LogP contribution in [-0.2, 0) is 7.05 Å². The zero-order chi connectivity index (χ0) is 20.6. The molecule has 1 heterocycles. The maximum Gasteiger partial charge on any atom is 0.315 e. The fourth-order valence-corrected chi connectivity index (χ4v) is 3.69. The number of aromatic nitrogens is 2. The van der Waals surface area contributed by atoms with Crippen molar-refractivity contribution in [3.05, 3.63) is 77.9 Å². The van der Waals surface area contributed by atoms with E-state index in [4.69, 9.17) is 4.74 Å². The minimum atomic E-state index is -0.380. The van der Waals surface area contributed by atoms with Crippen LogP contribution in [0.2, 0.25) is 0 Å². The van der Waals surface area contributed by atoms with Crippen LogP contribution in [0.3, 0.4) is 0 Å². The number of hydrogen-bond donors (Lipinski definition) is 2. The van der Waals surface area contributed by atoms with E-state index in [0.717, 1.165) is 22.9 Å². The van der Waals surface area contributed by atoms with Gasteiger partial charge in [0.25, 0.3) is 0 Å². The van der Waals surface area contributed by atoms with Crippen LogP contribution >= 0.6 is 11.8 Å². The number of ether oxygens (including phenoxy) is 1. The first-order chi connectivity index (χ1) is 14.1. The van der Waals surface area contributed by atoms with Crippen molar-refractivity contribution in [1.82, 2.24) is 20.2 Å². The quantitative estimate of drug-likeness (QED) is 0.436. The Kier molecular flexibility index (Phi) is 7.19. The molecule has 2 aromatic carbocycles. The van der Waals surface area contributed by atoms with E-state index in [0.29, 0.717) is 6.54 Å². The molecule has 0 radical (unpaired) electrons. The molecule has 0 spiro atoms. The largest absolute Gasteiger partial charge is 0.497 e. The number of amides is 2. The Morgan fingerprint density at radius 3 is 2.72 bits per heavy atom. The van der Waals surface area contributed by atoms with Crippen molar-refractivity contribution in [2.24, 2.45) is 7.05 Å². The number of rotatable bonds is 8. The Balaban J connectivity index is 1.60. The van der Waals surface area contributed by atoms with Gasteiger partial charge in [0.1, 0.15) is 17.6 Å². The number of carbonyl (C=O) groups is 1. The van der Waals surface area contributed by atoms with Crippen LogP contribution in [-0.4, -0.2) is 35.0 Å². The monoisotopic (exact) mass is 410 g/mol. The van der Waals surface area contributed by atoms with Gasteiger partial charge in [-0.2, -0.15) is 0 Å². The zero-order valence-corrected chi connectivity index (χ0v) is 17.7. The summed E-state index contributed by atoms with van der Waals surface area (Å²) in [6.07, 6.45) is 3.58. The third-order valence-corrected chi connectivity index (χ3v) is 5.51. The zero-order valence-electron chi connectivity index (χ0n) is 16.9. The third kappa shape index (κ3) is 5.77. The molecule has 2 amide bonds. The normalized spacial score (nSPS) is 11.7. The molecule has 6 nitrogen and oxygen atoms in total. The number of hydrogen-bond acceptors (Lipinski definition) is 4. The third-order valence-electron chi connectivity index (χ3n) is 4.50. The predicted octanol–water partition coefficient (Wildman–Crippen LogP) is 3.92. The van der Waals surface area contributed by atoms with Crippen LogP contribution in [0.4, 0.5) is 4.79 Å². The molecule has 0 saturated heterocycles. The lowest BCUT2D eigenvalue weighted by Crippen LogP contribution is -2.40. The second-order valence-corrected chi connectivity index (χ2v) is 7.84. The number of thioether (sulfide) groups is 1. The molecule has 7 heteroatoms. The van der Waals surface area contributed by atoms with Crippen molar-refractivity contribution < 1.29 is 9.53 Å². The first-order valence-corrected chi connectivity index (χ1v) is 10.4. The Labute approximate surface area is 175 Å². The van der Waals surface area contributed by atoms with E-state index in [1.807, 2.05) is 42.1 Å². The van der Waals surface area contributed by atoms with Gasteiger partial charge < -0.3 is 19.9 Å². The summed E-state index contributed by atoms with van der Waals surface area (Å²) >= 11 is 1.72. The van der Waals surface area contributed by atoms with Crippen molar-refractivity contribution in [3.8, 4) is 5.75 Å². The molecular weight excluding hydrogens is 384 g/mol. The predicted molar refractivity (Wildman–Crippen MR) is 116 cm³/mol. The van der Waals surface area contributed by atoms with Gasteiger partial charge in [-0.25, -0.2) is 9.78 Å². The molecule has 1 atom stereocenters. The van der Waals surface area contributed by atoms with Crippen molar-refractivity contribution in [2.75, 3.05) is 19.4 Å². The molecule has 1 aromatic heterocycles. The number of imidazole rings is 1. The highest BCUT2D eigenvalue weighted by molar-refractivity contribution is 7.99. The van der Waals surface area contributed by atoms with E-state index in [-0.39, 0.29) is 12.1 Å². The van der Waals surface area contributed by atoms with E-state index in [1.54, 1.807) is 25.1 Å². The molecule has 2 N–H and O–H groups in total. The van der Waals surface area contributed by atoms with Crippen molar-refractivity contribution in [1.29, 1.82) is 0 Å². The number of nitrogens with one attached hydrogen (secondary N) is 2. The van der Waals surface area contributed by atoms with E-state index >= 15 is 0 Å². The summed E-state index contributed by atoms with van der Waals surface area (Å²) in [7, 11) is 3.54. The molecule has 0 aliphatic carbocycles. The highest BCUT2D eigenvalue weighted by atomic mass is 32.2. The molecule has 3 rings (SSSR count). The van der Waals surface area contributed by atoms with Gasteiger partial charge >= 0.3 is 6.03 Å². The Hall–Kier alpha value is -2.93. The number of nitrogens with zero attached hydrogens (tertiary/aromatic N) is 2. The van der Waals surface area contributed by atoms with E-state index in [9.17, 15) is 4.79 Å². The summed E-state index contributed by atoms with van der Waals surface area (Å²) in [5.41, 5.74) is 2.15. The molecule has 0 saturated carbocycles. The second-order valence-electron chi connectivity index (χ2n) is 6.67. The minimum Gasteiger partial charge on any atom is -0.497 e. The van der Waals surface area contributed by atoms with E-state index in [2.05, 4.69) is 46.8 Å². The van der Waals surface area contributed by atoms with Crippen LogP contribution in [0, 0.1) is 6.92 Å². The average Bonchev–Trinajstić information content (AvgIpc) is 3.16. The van der Waals surface area contributed by atoms with Crippen molar-refractivity contribution in [3.63, 3.8) is 0 Å². The van der Waals surface area contributed by atoms with Gasteiger partial charge in [-0.1, -0.05) is 29.8 Å². The van der Waals surface area contributed by atoms with Gasteiger partial charge in [-0.3, -0.25) is 0 Å². The molecule has 3 aromatic rings. The minimum absolute atomic E-state index is 0.231. The summed E-state index contributed by atoms with van der Waals surface area (Å²) in [5.74, 6) is 2.28. The van der Waals surface area contributed by atoms with Gasteiger partial charge in [0.05, 0.1) is 7.11 Å². The highest BCUT2D eigenvalue weighted by Gasteiger charge is 2.21. The standard InChI is InChI=1S/C22H26N4O2S/c1-16-7-9-19(10-8-16)29-14-12-24-22(27)25-20(21-23-11-13-26(21)2)17-5-4-6-18(15-17)28-3/h4-11,13,15,20H,12,14H2,1-3H3,(H2,24,25,27)/t20-/m0/s1. The molecule has 29 heavy (non-hydrogen) atoms. The summed E-state index contributed by atoms with van der Waals surface area (Å²) in [4.78, 5) is 18.2. The summed E-state index contributed by atoms with van der Waals surface area (Å²) < 4.78 is 7.23. The first kappa shape index (κ1) is 20.8. The fourth-order valence-electron chi connectivity index (χ4n) is 2.92. The van der Waals surface area contributed by atoms with Gasteiger partial charge in [0.2, 0.25) is 0 Å². The summed E-state index contributed by atoms with van der Waals surface area (Å²) in [6.45, 7) is 2.64. The maximum absolute atomic E-state index is 12.5. The van der Waals surface area contributed by atoms with E-state index in [1.165, 1.54) is 10.5 Å². The van der Waals surface area contributed by atoms with Crippen molar-refractivity contribution in [2.45, 2.75) is 17.9 Å². The molecule has 152 valence electrons. The number of methoxy groups -OCH3 is 1. The molecule has 0 aliphatic heterocycles. The lowest BCUT2D eigenvalue weighted by atomic mass is 10.1. The first-order valence-electron chi connectivity index (χ1n) is 9.42. The second kappa shape index (κ2) is 10.0. The lowest BCUT2D eigenvalue weighted by Gasteiger charge is -2.20. The van der Waals surface area contributed by atoms with Gasteiger partial charge in [0, 0.05) is 36.6 Å². The van der Waals surface area contributed by atoms with Gasteiger partial charge in [-0.05, 0) is 36.8 Å². The van der Waals surface area contributed by atoms with Gasteiger partial charge in [-0.15, -0.1) is 11.8 Å². The van der Waals surface area contributed by atoms with Crippen LogP contribution < -0.4 is 15.4 Å². The average molecular weight is 411 g/mol. The summed E-state index contributed by atoms with van der Waals surface area (Å²) in [6, 6.07) is 15.4. The highest BCUT2D eigenvalue weighted by Crippen LogP contribution is 2.24. The van der Waals surface area contributed by atoms with Crippen LogP contribution in [0.1, 0.15) is 23.0 Å². The number of aryl methyl sites for hydroxylation is 2. The van der Waals surface area contributed by atoms with Crippen LogP contribution in [0.15, 0.2) is 65.8 Å². The Morgan fingerprint density at radius 1 is 1.24 bits per heavy atom. The fraction of sp³-hybridized carbons (Fsp3) is 0.273. The Morgan fingerprint density at radius 2 is 2.03 bits per heavy atom. The molecule has 0 fully saturated rings. The lowest BCUT2D eigenvalue weighted by molar-refractivity contribution is 0.238. The number of carbonyl (C=O) groups excluding carboxylic acids is 1. The van der Waals surface area contributed by atoms with Crippen molar-refractivity contribution >= 4 is 17.8 Å². The van der Waals surface area contributed by atoms with Crippen LogP contribution in [0.25, 0.3) is 0 Å². The van der Waals surface area contributed by atoms with Gasteiger partial charge in [0.15, 0.2) is 0 Å². The molecular formula is C22H26N4O2S. The smallest absolute Gasteiger partial charge is 0.315 e. The van der Waals surface area contributed by atoms with E-state index < -0.39 is 0 Å². The number of urea groups is 1. The topological polar surface area (TPSA) is 68.2 Å². The Bertz CT molecular complexity index is 940. The summed E-state index contributed by atoms with van der Waals surface area (Å²) in [5, 5.41) is 5.97. The van der Waals surface area contributed by atoms with Crippen LogP contribution in [0.5, 0.6) is 5.75 Å². The molecule has 0 aliphatic rings. The molecule has 0 unspecified atom stereocenters.